The maximum absolute atomic E-state index is 12.9. The van der Waals surface area contributed by atoms with Crippen molar-refractivity contribution in [3.05, 3.63) is 71.4 Å². The van der Waals surface area contributed by atoms with Crippen molar-refractivity contribution in [3.8, 4) is 11.4 Å². The summed E-state index contributed by atoms with van der Waals surface area (Å²) in [5.41, 5.74) is 3.23. The van der Waals surface area contributed by atoms with Gasteiger partial charge in [-0.1, -0.05) is 6.08 Å². The van der Waals surface area contributed by atoms with E-state index >= 15 is 0 Å². The van der Waals surface area contributed by atoms with Crippen LogP contribution in [0.3, 0.4) is 0 Å². The highest BCUT2D eigenvalue weighted by atomic mass is 32.2. The molecule has 1 aromatic carbocycles. The van der Waals surface area contributed by atoms with Gasteiger partial charge in [0.25, 0.3) is 10.0 Å². The highest BCUT2D eigenvalue weighted by Crippen LogP contribution is 2.35. The number of benzene rings is 1. The van der Waals surface area contributed by atoms with Gasteiger partial charge in [-0.05, 0) is 37.6 Å². The number of methoxy groups -OCH3 is 1. The molecule has 0 amide bonds. The molecule has 0 fully saturated rings. The minimum Gasteiger partial charge on any atom is -0.494 e. The molecule has 0 bridgehead atoms. The second-order valence-corrected chi connectivity index (χ2v) is 8.64. The van der Waals surface area contributed by atoms with Gasteiger partial charge in [0.05, 0.1) is 35.4 Å². The van der Waals surface area contributed by atoms with E-state index in [9.17, 15) is 8.42 Å². The average molecular weight is 398 g/mol. The Morgan fingerprint density at radius 1 is 1.29 bits per heavy atom. The van der Waals surface area contributed by atoms with Crippen molar-refractivity contribution in [2.75, 3.05) is 18.9 Å². The summed E-state index contributed by atoms with van der Waals surface area (Å²) in [6, 6.07) is 5.20. The van der Waals surface area contributed by atoms with Crippen LogP contribution in [0.1, 0.15) is 12.1 Å². The molecule has 8 heteroatoms. The number of imidazole rings is 1. The third kappa shape index (κ3) is 3.31. The zero-order valence-corrected chi connectivity index (χ0v) is 16.8. The number of aryl methyl sites for hydroxylation is 1. The Hall–Kier alpha value is -3.00. The number of rotatable bonds is 5. The molecule has 1 aliphatic heterocycles. The number of nitrogens with zero attached hydrogens (tertiary/aromatic N) is 3. The molecule has 2 heterocycles. The fourth-order valence-electron chi connectivity index (χ4n) is 3.48. The average Bonchev–Trinajstić information content (AvgIpc) is 3.27. The number of fused-ring (bicyclic) bond motifs is 1. The van der Waals surface area contributed by atoms with Crippen LogP contribution < -0.4 is 9.46 Å². The Morgan fingerprint density at radius 2 is 2.11 bits per heavy atom. The van der Waals surface area contributed by atoms with E-state index in [0.717, 1.165) is 17.1 Å². The summed E-state index contributed by atoms with van der Waals surface area (Å²) in [6.45, 7) is 1.90. The number of ether oxygens (including phenoxy) is 1. The molecule has 2 aromatic rings. The first kappa shape index (κ1) is 18.4. The number of nitrogens with one attached hydrogen (secondary N) is 1. The lowest BCUT2D eigenvalue weighted by Gasteiger charge is -2.22. The third-order valence-corrected chi connectivity index (χ3v) is 6.45. The van der Waals surface area contributed by atoms with E-state index < -0.39 is 10.0 Å². The van der Waals surface area contributed by atoms with Crippen LogP contribution in [0.2, 0.25) is 0 Å². The molecule has 0 saturated carbocycles. The van der Waals surface area contributed by atoms with Crippen molar-refractivity contribution in [1.29, 1.82) is 0 Å². The van der Waals surface area contributed by atoms with E-state index in [1.54, 1.807) is 37.7 Å². The molecule has 0 spiro atoms. The van der Waals surface area contributed by atoms with Crippen LogP contribution in [-0.4, -0.2) is 37.0 Å². The lowest BCUT2D eigenvalue weighted by atomic mass is 9.99. The zero-order chi connectivity index (χ0) is 19.9. The monoisotopic (exact) mass is 398 g/mol. The van der Waals surface area contributed by atoms with Crippen LogP contribution >= 0.6 is 0 Å². The Labute approximate surface area is 164 Å². The van der Waals surface area contributed by atoms with E-state index in [4.69, 9.17) is 4.74 Å². The van der Waals surface area contributed by atoms with Gasteiger partial charge in [-0.25, -0.2) is 13.4 Å². The van der Waals surface area contributed by atoms with Gasteiger partial charge >= 0.3 is 0 Å². The lowest BCUT2D eigenvalue weighted by Crippen LogP contribution is -2.21. The number of allylic oxidation sites excluding steroid dienone is 4. The summed E-state index contributed by atoms with van der Waals surface area (Å²) in [5, 5.41) is 0. The van der Waals surface area contributed by atoms with Gasteiger partial charge in [-0.3, -0.25) is 4.72 Å². The first-order valence-corrected chi connectivity index (χ1v) is 10.4. The Morgan fingerprint density at radius 3 is 2.82 bits per heavy atom. The van der Waals surface area contributed by atoms with Crippen molar-refractivity contribution in [2.45, 2.75) is 13.3 Å². The van der Waals surface area contributed by atoms with Crippen molar-refractivity contribution in [2.24, 2.45) is 5.92 Å². The summed E-state index contributed by atoms with van der Waals surface area (Å²) >= 11 is 0. The molecule has 2 aliphatic rings. The van der Waals surface area contributed by atoms with E-state index in [0.29, 0.717) is 22.8 Å². The Kier molecular flexibility index (Phi) is 4.50. The van der Waals surface area contributed by atoms with Crippen LogP contribution in [0, 0.1) is 12.8 Å². The van der Waals surface area contributed by atoms with Gasteiger partial charge in [-0.15, -0.1) is 0 Å². The van der Waals surface area contributed by atoms with E-state index in [-0.39, 0.29) is 5.92 Å². The second kappa shape index (κ2) is 6.87. The Bertz CT molecular complexity index is 1110. The minimum atomic E-state index is -3.65. The molecule has 1 aliphatic carbocycles. The van der Waals surface area contributed by atoms with Crippen LogP contribution in [0.15, 0.2) is 65.8 Å². The number of hydrogen-bond acceptors (Lipinski definition) is 5. The Balaban J connectivity index is 1.59. The molecule has 1 aromatic heterocycles. The normalized spacial score (nSPS) is 18.5. The zero-order valence-electron chi connectivity index (χ0n) is 16.0. The van der Waals surface area contributed by atoms with Crippen LogP contribution in [-0.2, 0) is 10.0 Å². The van der Waals surface area contributed by atoms with E-state index in [1.165, 1.54) is 0 Å². The fourth-order valence-corrected chi connectivity index (χ4v) is 4.70. The van der Waals surface area contributed by atoms with Gasteiger partial charge in [0.1, 0.15) is 5.75 Å². The summed E-state index contributed by atoms with van der Waals surface area (Å²) < 4.78 is 35.7. The molecule has 1 atom stereocenters. The van der Waals surface area contributed by atoms with Gasteiger partial charge in [0.2, 0.25) is 0 Å². The maximum Gasteiger partial charge on any atom is 0.258 e. The standard InChI is InChI=1S/C20H22N4O3S/c1-14-12-24(13-21-14)19-6-4-16(11-20(19)27-3)22-28(25,26)17-5-7-18-15(10-17)8-9-23(18)2/h4-9,11-13,15,22H,10H2,1-3H3. The molecule has 7 nitrogen and oxygen atoms in total. The predicted octanol–water partition coefficient (Wildman–Crippen LogP) is 3.18. The molecular weight excluding hydrogens is 376 g/mol. The lowest BCUT2D eigenvalue weighted by molar-refractivity contribution is 0.413. The van der Waals surface area contributed by atoms with Crippen LogP contribution in [0.5, 0.6) is 5.75 Å². The maximum atomic E-state index is 12.9. The van der Waals surface area contributed by atoms with E-state index in [2.05, 4.69) is 9.71 Å². The van der Waals surface area contributed by atoms with Crippen molar-refractivity contribution >= 4 is 15.7 Å². The second-order valence-electron chi connectivity index (χ2n) is 6.90. The number of hydrogen-bond donors (Lipinski definition) is 1. The van der Waals surface area contributed by atoms with Crippen molar-refractivity contribution in [3.63, 3.8) is 0 Å². The third-order valence-electron chi connectivity index (χ3n) is 4.96. The topological polar surface area (TPSA) is 76.5 Å². The van der Waals surface area contributed by atoms with E-state index in [1.807, 2.05) is 48.0 Å². The molecule has 4 rings (SSSR count). The molecule has 1 unspecified atom stereocenters. The largest absolute Gasteiger partial charge is 0.494 e. The van der Waals surface area contributed by atoms with Gasteiger partial charge < -0.3 is 14.2 Å². The van der Waals surface area contributed by atoms with Gasteiger partial charge in [-0.2, -0.15) is 0 Å². The summed E-state index contributed by atoms with van der Waals surface area (Å²) in [4.78, 5) is 6.60. The minimum absolute atomic E-state index is 0.1000. The summed E-state index contributed by atoms with van der Waals surface area (Å²) in [6.07, 6.45) is 11.6. The van der Waals surface area contributed by atoms with Crippen molar-refractivity contribution in [1.82, 2.24) is 14.5 Å². The first-order valence-electron chi connectivity index (χ1n) is 8.91. The quantitative estimate of drug-likeness (QED) is 0.837. The first-order chi connectivity index (χ1) is 13.4. The van der Waals surface area contributed by atoms with Crippen molar-refractivity contribution < 1.29 is 13.2 Å². The molecule has 0 saturated heterocycles. The van der Waals surface area contributed by atoms with Crippen LogP contribution in [0.4, 0.5) is 5.69 Å². The molecular formula is C20H22N4O3S. The SMILES string of the molecule is COc1cc(NS(=O)(=O)C2=CC=C3C(C=CN3C)C2)ccc1-n1cnc(C)c1. The highest BCUT2D eigenvalue weighted by molar-refractivity contribution is 7.96. The van der Waals surface area contributed by atoms with Gasteiger partial charge in [0.15, 0.2) is 0 Å². The smallest absolute Gasteiger partial charge is 0.258 e. The highest BCUT2D eigenvalue weighted by Gasteiger charge is 2.29. The number of anilines is 1. The summed E-state index contributed by atoms with van der Waals surface area (Å²) in [7, 11) is -0.134. The molecule has 28 heavy (non-hydrogen) atoms. The molecule has 146 valence electrons. The predicted molar refractivity (Wildman–Crippen MR) is 109 cm³/mol. The summed E-state index contributed by atoms with van der Waals surface area (Å²) in [5.74, 6) is 0.653. The number of aromatic nitrogens is 2. The van der Waals surface area contributed by atoms with Crippen LogP contribution in [0.25, 0.3) is 5.69 Å². The fraction of sp³-hybridized carbons (Fsp3) is 0.250. The number of sulfonamides is 1. The molecule has 1 N–H and O–H groups in total. The van der Waals surface area contributed by atoms with Gasteiger partial charge in [0, 0.05) is 37.1 Å². The molecule has 0 radical (unpaired) electrons.